The lowest BCUT2D eigenvalue weighted by molar-refractivity contribution is 0.422. The van der Waals surface area contributed by atoms with Crippen LogP contribution in [0.2, 0.25) is 0 Å². The average Bonchev–Trinajstić information content (AvgIpc) is 2.78. The molecule has 0 saturated carbocycles. The van der Waals surface area contributed by atoms with E-state index in [1.54, 1.807) is 0 Å². The molecule has 0 amide bonds. The fraction of sp³-hybridized carbons (Fsp3) is 0.385. The molecule has 4 heteroatoms. The summed E-state index contributed by atoms with van der Waals surface area (Å²) in [5, 5.41) is 3.60. The fourth-order valence-corrected chi connectivity index (χ4v) is 1.61. The number of hydrogen-bond acceptors (Lipinski definition) is 3. The number of rotatable bonds is 3. The third kappa shape index (κ3) is 2.67. The summed E-state index contributed by atoms with van der Waals surface area (Å²) in [5.74, 6) is 1.56. The van der Waals surface area contributed by atoms with Gasteiger partial charge in [0.2, 0.25) is 0 Å². The highest BCUT2D eigenvalue weighted by Crippen LogP contribution is 2.23. The minimum absolute atomic E-state index is 0.234. The highest BCUT2D eigenvalue weighted by atomic mass is 35.5. The molecule has 1 unspecified atom stereocenters. The van der Waals surface area contributed by atoms with Crippen molar-refractivity contribution in [2.45, 2.75) is 32.1 Å². The second-order valence-corrected chi connectivity index (χ2v) is 5.01. The Hall–Kier alpha value is -1.35. The zero-order valence-electron chi connectivity index (χ0n) is 10.1. The summed E-state index contributed by atoms with van der Waals surface area (Å²) in [4.78, 5) is 4.24. The predicted molar refractivity (Wildman–Crippen MR) is 68.1 cm³/mol. The molecule has 0 aliphatic heterocycles. The Morgan fingerprint density at radius 3 is 2.24 bits per heavy atom. The molecule has 0 aliphatic carbocycles. The van der Waals surface area contributed by atoms with Crippen LogP contribution in [0.15, 0.2) is 28.8 Å². The minimum atomic E-state index is -0.234. The maximum absolute atomic E-state index is 5.89. The average molecular weight is 251 g/mol. The molecule has 17 heavy (non-hydrogen) atoms. The van der Waals surface area contributed by atoms with Crippen LogP contribution >= 0.6 is 11.6 Å². The van der Waals surface area contributed by atoms with Crippen LogP contribution in [0.5, 0.6) is 0 Å². The Bertz CT molecular complexity index is 488. The molecule has 2 rings (SSSR count). The van der Waals surface area contributed by atoms with Gasteiger partial charge in [0.05, 0.1) is 5.38 Å². The van der Waals surface area contributed by atoms with E-state index < -0.39 is 0 Å². The maximum atomic E-state index is 5.89. The van der Waals surface area contributed by atoms with Gasteiger partial charge in [-0.3, -0.25) is 0 Å². The lowest BCUT2D eigenvalue weighted by Crippen LogP contribution is -1.88. The molecular formula is C13H15ClN2O. The third-order valence-corrected chi connectivity index (χ3v) is 2.82. The smallest absolute Gasteiger partial charge is 0.257 e. The van der Waals surface area contributed by atoms with E-state index >= 15 is 0 Å². The molecule has 0 fully saturated rings. The van der Waals surface area contributed by atoms with E-state index in [2.05, 4.69) is 36.1 Å². The van der Waals surface area contributed by atoms with Crippen LogP contribution in [0, 0.1) is 0 Å². The van der Waals surface area contributed by atoms with E-state index in [1.807, 2.05) is 19.1 Å². The van der Waals surface area contributed by atoms with Gasteiger partial charge < -0.3 is 4.52 Å². The van der Waals surface area contributed by atoms with Crippen molar-refractivity contribution in [1.29, 1.82) is 0 Å². The normalized spacial score (nSPS) is 13.0. The van der Waals surface area contributed by atoms with Gasteiger partial charge in [-0.1, -0.05) is 31.1 Å². The summed E-state index contributed by atoms with van der Waals surface area (Å²) in [6, 6.07) is 8.14. The molecule has 90 valence electrons. The first-order chi connectivity index (χ1) is 8.08. The van der Waals surface area contributed by atoms with Crippen molar-refractivity contribution in [2.75, 3.05) is 0 Å². The van der Waals surface area contributed by atoms with Gasteiger partial charge in [-0.15, -0.1) is 11.6 Å². The zero-order valence-corrected chi connectivity index (χ0v) is 10.9. The van der Waals surface area contributed by atoms with E-state index in [0.717, 1.165) is 5.56 Å². The standard InChI is InChI=1S/C13H15ClN2O/c1-8(2)10-4-6-11(7-5-10)13-15-12(9(3)14)16-17-13/h4-9H,1-3H3. The second kappa shape index (κ2) is 4.88. The Labute approximate surface area is 106 Å². The van der Waals surface area contributed by atoms with Crippen molar-refractivity contribution in [3.63, 3.8) is 0 Å². The molecule has 1 aromatic carbocycles. The molecule has 0 N–H and O–H groups in total. The maximum Gasteiger partial charge on any atom is 0.257 e. The van der Waals surface area contributed by atoms with E-state index in [0.29, 0.717) is 17.6 Å². The first-order valence-electron chi connectivity index (χ1n) is 5.66. The lowest BCUT2D eigenvalue weighted by atomic mass is 10.0. The van der Waals surface area contributed by atoms with Gasteiger partial charge in [0.1, 0.15) is 0 Å². The minimum Gasteiger partial charge on any atom is -0.334 e. The van der Waals surface area contributed by atoms with Crippen LogP contribution in [-0.2, 0) is 0 Å². The number of halogens is 1. The highest BCUT2D eigenvalue weighted by molar-refractivity contribution is 6.20. The number of hydrogen-bond donors (Lipinski definition) is 0. The first kappa shape index (κ1) is 12.1. The number of aromatic nitrogens is 2. The molecule has 0 radical (unpaired) electrons. The number of nitrogens with zero attached hydrogens (tertiary/aromatic N) is 2. The van der Waals surface area contributed by atoms with Crippen LogP contribution in [0.1, 0.15) is 43.5 Å². The Morgan fingerprint density at radius 2 is 1.76 bits per heavy atom. The molecule has 1 aromatic heterocycles. The molecule has 0 spiro atoms. The Balaban J connectivity index is 2.27. The molecule has 0 aliphatic rings. The van der Waals surface area contributed by atoms with Crippen LogP contribution in [-0.4, -0.2) is 10.1 Å². The molecular weight excluding hydrogens is 236 g/mol. The van der Waals surface area contributed by atoms with Crippen molar-refractivity contribution >= 4 is 11.6 Å². The van der Waals surface area contributed by atoms with Gasteiger partial charge in [-0.25, -0.2) is 0 Å². The van der Waals surface area contributed by atoms with E-state index in [4.69, 9.17) is 16.1 Å². The van der Waals surface area contributed by atoms with Crippen LogP contribution in [0.3, 0.4) is 0 Å². The third-order valence-electron chi connectivity index (χ3n) is 2.62. The van der Waals surface area contributed by atoms with Crippen molar-refractivity contribution in [1.82, 2.24) is 10.1 Å². The SMILES string of the molecule is CC(C)c1ccc(-c2nc(C(C)Cl)no2)cc1. The summed E-state index contributed by atoms with van der Waals surface area (Å²) in [6.07, 6.45) is 0. The molecule has 1 heterocycles. The summed E-state index contributed by atoms with van der Waals surface area (Å²) in [6.45, 7) is 6.14. The van der Waals surface area contributed by atoms with Crippen molar-refractivity contribution in [3.05, 3.63) is 35.7 Å². The summed E-state index contributed by atoms with van der Waals surface area (Å²) in [7, 11) is 0. The van der Waals surface area contributed by atoms with Crippen molar-refractivity contribution in [2.24, 2.45) is 0 Å². The lowest BCUT2D eigenvalue weighted by Gasteiger charge is -2.04. The fourth-order valence-electron chi connectivity index (χ4n) is 1.52. The zero-order chi connectivity index (χ0) is 12.4. The van der Waals surface area contributed by atoms with E-state index in [9.17, 15) is 0 Å². The molecule has 3 nitrogen and oxygen atoms in total. The number of benzene rings is 1. The predicted octanol–water partition coefficient (Wildman–Crippen LogP) is 4.16. The number of alkyl halides is 1. The van der Waals surface area contributed by atoms with Crippen LogP contribution in [0.4, 0.5) is 0 Å². The molecule has 0 bridgehead atoms. The molecule has 2 aromatic rings. The van der Waals surface area contributed by atoms with Gasteiger partial charge >= 0.3 is 0 Å². The Morgan fingerprint density at radius 1 is 1.12 bits per heavy atom. The Kier molecular flexibility index (Phi) is 3.48. The topological polar surface area (TPSA) is 38.9 Å². The molecule has 0 saturated heterocycles. The van der Waals surface area contributed by atoms with Crippen LogP contribution in [0.25, 0.3) is 11.5 Å². The van der Waals surface area contributed by atoms with Gasteiger partial charge in [-0.2, -0.15) is 4.98 Å². The molecule has 1 atom stereocenters. The highest BCUT2D eigenvalue weighted by Gasteiger charge is 2.12. The first-order valence-corrected chi connectivity index (χ1v) is 6.09. The summed E-state index contributed by atoms with van der Waals surface area (Å²) in [5.41, 5.74) is 2.21. The van der Waals surface area contributed by atoms with Gasteiger partial charge in [0.25, 0.3) is 5.89 Å². The quantitative estimate of drug-likeness (QED) is 0.768. The van der Waals surface area contributed by atoms with E-state index in [1.165, 1.54) is 5.56 Å². The van der Waals surface area contributed by atoms with Gasteiger partial charge in [-0.05, 0) is 30.5 Å². The van der Waals surface area contributed by atoms with Crippen LogP contribution < -0.4 is 0 Å². The van der Waals surface area contributed by atoms with E-state index in [-0.39, 0.29) is 5.38 Å². The second-order valence-electron chi connectivity index (χ2n) is 4.35. The van der Waals surface area contributed by atoms with Gasteiger partial charge in [0.15, 0.2) is 5.82 Å². The summed E-state index contributed by atoms with van der Waals surface area (Å²) < 4.78 is 5.17. The van der Waals surface area contributed by atoms with Crippen molar-refractivity contribution in [3.8, 4) is 11.5 Å². The van der Waals surface area contributed by atoms with Crippen molar-refractivity contribution < 1.29 is 4.52 Å². The van der Waals surface area contributed by atoms with Gasteiger partial charge in [0, 0.05) is 5.56 Å². The largest absolute Gasteiger partial charge is 0.334 e. The summed E-state index contributed by atoms with van der Waals surface area (Å²) >= 11 is 5.89. The monoisotopic (exact) mass is 250 g/mol.